The summed E-state index contributed by atoms with van der Waals surface area (Å²) < 4.78 is 0. The summed E-state index contributed by atoms with van der Waals surface area (Å²) in [6, 6.07) is 0. The molecule has 0 radical (unpaired) electrons. The Bertz CT molecular complexity index is 55.2. The molecule has 0 aromatic heterocycles. The summed E-state index contributed by atoms with van der Waals surface area (Å²) in [7, 11) is 0. The van der Waals surface area contributed by atoms with Crippen LogP contribution in [-0.2, 0) is 0 Å². The second-order valence-corrected chi connectivity index (χ2v) is 2.35. The van der Waals surface area contributed by atoms with Gasteiger partial charge >= 0.3 is 0 Å². The summed E-state index contributed by atoms with van der Waals surface area (Å²) in [5.74, 6) is 0.542. The molecule has 0 spiro atoms. The van der Waals surface area contributed by atoms with Crippen LogP contribution in [0.15, 0.2) is 0 Å². The number of hydrogen-bond acceptors (Lipinski definition) is 3. The molecule has 0 fully saturated rings. The summed E-state index contributed by atoms with van der Waals surface area (Å²) in [5, 5.41) is 8.61. The molecule has 2 nitrogen and oxygen atoms in total. The van der Waals surface area contributed by atoms with E-state index in [4.69, 9.17) is 10.8 Å². The minimum absolute atomic E-state index is 0.0208. The first-order valence-corrected chi connectivity index (χ1v) is 3.32. The molecular formula is C5H13NOS. The van der Waals surface area contributed by atoms with E-state index in [1.807, 2.05) is 6.92 Å². The highest BCUT2D eigenvalue weighted by Crippen LogP contribution is 2.05. The van der Waals surface area contributed by atoms with Gasteiger partial charge in [-0.2, -0.15) is 12.6 Å². The lowest BCUT2D eigenvalue weighted by atomic mass is 10.0. The maximum Gasteiger partial charge on any atom is 0.0619 e. The van der Waals surface area contributed by atoms with Crippen molar-refractivity contribution in [2.45, 2.75) is 18.9 Å². The zero-order valence-electron chi connectivity index (χ0n) is 5.09. The Labute approximate surface area is 55.5 Å². The van der Waals surface area contributed by atoms with Crippen molar-refractivity contribution < 1.29 is 5.11 Å². The molecule has 1 unspecified atom stereocenters. The van der Waals surface area contributed by atoms with Crippen molar-refractivity contribution in [3.05, 3.63) is 0 Å². The highest BCUT2D eigenvalue weighted by atomic mass is 32.1. The van der Waals surface area contributed by atoms with Crippen LogP contribution in [0.25, 0.3) is 0 Å². The zero-order valence-corrected chi connectivity index (χ0v) is 5.99. The summed E-state index contributed by atoms with van der Waals surface area (Å²) in [6.45, 7) is 1.96. The molecule has 8 heavy (non-hydrogen) atoms. The lowest BCUT2D eigenvalue weighted by Crippen LogP contribution is -2.44. The van der Waals surface area contributed by atoms with E-state index in [9.17, 15) is 0 Å². The fraction of sp³-hybridized carbons (Fsp3) is 1.00. The molecule has 0 aliphatic rings. The average Bonchev–Trinajstić information content (AvgIpc) is 1.87. The molecule has 0 aliphatic carbocycles. The Kier molecular flexibility index (Phi) is 3.44. The van der Waals surface area contributed by atoms with Crippen molar-refractivity contribution in [3.63, 3.8) is 0 Å². The van der Waals surface area contributed by atoms with E-state index in [1.165, 1.54) is 0 Å². The highest BCUT2D eigenvalue weighted by Gasteiger charge is 2.18. The fourth-order valence-corrected chi connectivity index (χ4v) is 0.597. The summed E-state index contributed by atoms with van der Waals surface area (Å²) in [6.07, 6.45) is 0.771. The number of nitrogens with two attached hydrogens (primary N) is 1. The normalized spacial score (nSPS) is 18.0. The van der Waals surface area contributed by atoms with E-state index >= 15 is 0 Å². The Morgan fingerprint density at radius 2 is 2.25 bits per heavy atom. The molecule has 0 saturated carbocycles. The van der Waals surface area contributed by atoms with Crippen LogP contribution in [0.5, 0.6) is 0 Å². The van der Waals surface area contributed by atoms with E-state index in [1.54, 1.807) is 0 Å². The molecule has 0 aliphatic heterocycles. The van der Waals surface area contributed by atoms with Gasteiger partial charge in [-0.25, -0.2) is 0 Å². The third-order valence-corrected chi connectivity index (χ3v) is 1.96. The minimum Gasteiger partial charge on any atom is -0.394 e. The molecule has 1 atom stereocenters. The highest BCUT2D eigenvalue weighted by molar-refractivity contribution is 7.80. The van der Waals surface area contributed by atoms with Gasteiger partial charge in [-0.1, -0.05) is 6.92 Å². The van der Waals surface area contributed by atoms with E-state index in [2.05, 4.69) is 12.6 Å². The van der Waals surface area contributed by atoms with Gasteiger partial charge in [0.2, 0.25) is 0 Å². The Hall–Kier alpha value is 0.270. The summed E-state index contributed by atoms with van der Waals surface area (Å²) >= 11 is 3.98. The van der Waals surface area contributed by atoms with Gasteiger partial charge in [-0.15, -0.1) is 0 Å². The fourth-order valence-electron chi connectivity index (χ4n) is 0.274. The molecule has 50 valence electrons. The molecule has 0 rings (SSSR count). The maximum absolute atomic E-state index is 8.61. The summed E-state index contributed by atoms with van der Waals surface area (Å²) in [4.78, 5) is 0. The van der Waals surface area contributed by atoms with E-state index in [0.29, 0.717) is 5.75 Å². The third kappa shape index (κ3) is 2.03. The van der Waals surface area contributed by atoms with Crippen molar-refractivity contribution in [2.24, 2.45) is 5.73 Å². The molecule has 0 aromatic carbocycles. The number of rotatable bonds is 3. The van der Waals surface area contributed by atoms with Crippen molar-refractivity contribution in [1.82, 2.24) is 0 Å². The zero-order chi connectivity index (χ0) is 6.62. The van der Waals surface area contributed by atoms with Gasteiger partial charge in [0.05, 0.1) is 6.61 Å². The smallest absolute Gasteiger partial charge is 0.0619 e. The molecule has 0 aromatic rings. The quantitative estimate of drug-likeness (QED) is 0.478. The molecule has 3 heteroatoms. The monoisotopic (exact) mass is 135 g/mol. The van der Waals surface area contributed by atoms with Gasteiger partial charge in [-0.3, -0.25) is 0 Å². The first kappa shape index (κ1) is 8.27. The van der Waals surface area contributed by atoms with Crippen molar-refractivity contribution in [1.29, 1.82) is 0 Å². The van der Waals surface area contributed by atoms with Gasteiger partial charge in [0.15, 0.2) is 0 Å². The molecule has 0 heterocycles. The SMILES string of the molecule is CCC(N)(CO)CS. The lowest BCUT2D eigenvalue weighted by Gasteiger charge is -2.22. The molecular weight excluding hydrogens is 122 g/mol. The van der Waals surface area contributed by atoms with Crippen molar-refractivity contribution >= 4 is 12.6 Å². The average molecular weight is 135 g/mol. The first-order chi connectivity index (χ1) is 3.68. The number of thiol groups is 1. The van der Waals surface area contributed by atoms with Crippen LogP contribution < -0.4 is 5.73 Å². The van der Waals surface area contributed by atoms with Gasteiger partial charge in [0, 0.05) is 11.3 Å². The number of aliphatic hydroxyl groups is 1. The van der Waals surface area contributed by atoms with Gasteiger partial charge in [0.1, 0.15) is 0 Å². The van der Waals surface area contributed by atoms with Crippen LogP contribution >= 0.6 is 12.6 Å². The maximum atomic E-state index is 8.61. The van der Waals surface area contributed by atoms with Crippen LogP contribution in [0.2, 0.25) is 0 Å². The first-order valence-electron chi connectivity index (χ1n) is 2.69. The topological polar surface area (TPSA) is 46.2 Å². The van der Waals surface area contributed by atoms with Crippen LogP contribution in [0.3, 0.4) is 0 Å². The second kappa shape index (κ2) is 3.33. The standard InChI is InChI=1S/C5H13NOS/c1-2-5(6,3-7)4-8/h7-8H,2-4,6H2,1H3. The molecule has 3 N–H and O–H groups in total. The predicted octanol–water partition coefficient (Wildman–Crippen LogP) is 0.0160. The van der Waals surface area contributed by atoms with Crippen LogP contribution in [0, 0.1) is 0 Å². The predicted molar refractivity (Wildman–Crippen MR) is 38.1 cm³/mol. The van der Waals surface area contributed by atoms with Gasteiger partial charge in [-0.05, 0) is 6.42 Å². The van der Waals surface area contributed by atoms with E-state index < -0.39 is 5.54 Å². The number of hydrogen-bond donors (Lipinski definition) is 3. The van der Waals surface area contributed by atoms with Crippen molar-refractivity contribution in [3.8, 4) is 0 Å². The Morgan fingerprint density at radius 1 is 1.75 bits per heavy atom. The van der Waals surface area contributed by atoms with Crippen LogP contribution in [0.4, 0.5) is 0 Å². The second-order valence-electron chi connectivity index (χ2n) is 2.03. The lowest BCUT2D eigenvalue weighted by molar-refractivity contribution is 0.208. The minimum atomic E-state index is -0.455. The van der Waals surface area contributed by atoms with Crippen LogP contribution in [-0.4, -0.2) is 23.0 Å². The van der Waals surface area contributed by atoms with Gasteiger partial charge < -0.3 is 10.8 Å². The van der Waals surface area contributed by atoms with Gasteiger partial charge in [0.25, 0.3) is 0 Å². The van der Waals surface area contributed by atoms with E-state index in [0.717, 1.165) is 6.42 Å². The number of aliphatic hydroxyl groups excluding tert-OH is 1. The molecule has 0 amide bonds. The van der Waals surface area contributed by atoms with Crippen LogP contribution in [0.1, 0.15) is 13.3 Å². The Morgan fingerprint density at radius 3 is 2.25 bits per heavy atom. The van der Waals surface area contributed by atoms with E-state index in [-0.39, 0.29) is 6.61 Å². The van der Waals surface area contributed by atoms with Crippen molar-refractivity contribution in [2.75, 3.05) is 12.4 Å². The molecule has 0 bridgehead atoms. The Balaban J connectivity index is 3.58. The largest absolute Gasteiger partial charge is 0.394 e. The third-order valence-electron chi connectivity index (χ3n) is 1.33. The molecule has 0 saturated heterocycles. The summed E-state index contributed by atoms with van der Waals surface area (Å²) in [5.41, 5.74) is 5.11.